The van der Waals surface area contributed by atoms with Crippen molar-refractivity contribution in [1.29, 1.82) is 0 Å². The third kappa shape index (κ3) is 1.41. The van der Waals surface area contributed by atoms with E-state index in [4.69, 9.17) is 11.5 Å². The summed E-state index contributed by atoms with van der Waals surface area (Å²) in [7, 11) is 0. The molecule has 1 aromatic carbocycles. The summed E-state index contributed by atoms with van der Waals surface area (Å²) in [5, 5.41) is 0. The van der Waals surface area contributed by atoms with E-state index in [-0.39, 0.29) is 0 Å². The summed E-state index contributed by atoms with van der Waals surface area (Å²) in [5.74, 6) is 1.08. The maximum Gasteiger partial charge on any atom is 0.117 e. The molecule has 2 aromatic rings. The van der Waals surface area contributed by atoms with Gasteiger partial charge in [0.15, 0.2) is 0 Å². The Bertz CT molecular complexity index is 623. The molecule has 0 atom stereocenters. The van der Waals surface area contributed by atoms with Crippen LogP contribution in [0.4, 0.5) is 11.4 Å². The van der Waals surface area contributed by atoms with Gasteiger partial charge in [0, 0.05) is 18.2 Å². The van der Waals surface area contributed by atoms with Crippen LogP contribution in [0.1, 0.15) is 11.5 Å². The fraction of sp³-hybridized carbons (Fsp3) is 0.154. The zero-order chi connectivity index (χ0) is 12.0. The quantitative estimate of drug-likeness (QED) is 0.731. The van der Waals surface area contributed by atoms with Crippen LogP contribution in [0.15, 0.2) is 24.3 Å². The van der Waals surface area contributed by atoms with Crippen molar-refractivity contribution in [1.82, 2.24) is 9.55 Å². The predicted molar refractivity (Wildman–Crippen MR) is 70.3 cm³/mol. The Hall–Kier alpha value is -2.23. The fourth-order valence-electron chi connectivity index (χ4n) is 2.24. The smallest absolute Gasteiger partial charge is 0.117 e. The van der Waals surface area contributed by atoms with Gasteiger partial charge >= 0.3 is 0 Å². The van der Waals surface area contributed by atoms with Crippen LogP contribution in [0.25, 0.3) is 17.5 Å². The normalized spacial score (nSPS) is 13.0. The molecule has 4 nitrogen and oxygen atoms in total. The van der Waals surface area contributed by atoms with Crippen LogP contribution in [-0.2, 0) is 6.42 Å². The van der Waals surface area contributed by atoms with E-state index in [0.29, 0.717) is 11.4 Å². The zero-order valence-corrected chi connectivity index (χ0v) is 9.64. The minimum atomic E-state index is 0.611. The van der Waals surface area contributed by atoms with E-state index < -0.39 is 0 Å². The third-order valence-electron chi connectivity index (χ3n) is 3.07. The van der Waals surface area contributed by atoms with Crippen molar-refractivity contribution < 1.29 is 0 Å². The van der Waals surface area contributed by atoms with Gasteiger partial charge in [0.1, 0.15) is 5.82 Å². The molecule has 0 radical (unpaired) electrons. The molecule has 0 unspecified atom stereocenters. The summed E-state index contributed by atoms with van der Waals surface area (Å²) >= 11 is 0. The Labute approximate surface area is 99.6 Å². The molecule has 0 spiro atoms. The molecule has 0 fully saturated rings. The molecule has 1 aliphatic heterocycles. The van der Waals surface area contributed by atoms with Gasteiger partial charge in [-0.05, 0) is 19.1 Å². The molecule has 3 rings (SSSR count). The molecular weight excluding hydrogens is 212 g/mol. The number of benzene rings is 1. The van der Waals surface area contributed by atoms with Crippen LogP contribution in [0.2, 0.25) is 0 Å². The number of aromatic nitrogens is 2. The summed E-state index contributed by atoms with van der Waals surface area (Å²) in [4.78, 5) is 4.55. The van der Waals surface area contributed by atoms with Gasteiger partial charge in [0.2, 0.25) is 0 Å². The van der Waals surface area contributed by atoms with Gasteiger partial charge in [-0.1, -0.05) is 12.1 Å². The first-order chi connectivity index (χ1) is 8.16. The number of nitrogens with zero attached hydrogens (tertiary/aromatic N) is 2. The lowest BCUT2D eigenvalue weighted by Gasteiger charge is -2.07. The van der Waals surface area contributed by atoms with Crippen molar-refractivity contribution in [2.45, 2.75) is 13.3 Å². The van der Waals surface area contributed by atoms with Crippen LogP contribution < -0.4 is 11.5 Å². The lowest BCUT2D eigenvalue weighted by Crippen LogP contribution is -1.96. The number of anilines is 2. The number of fused-ring (bicyclic) bond motifs is 1. The van der Waals surface area contributed by atoms with Gasteiger partial charge in [0.25, 0.3) is 0 Å². The average Bonchev–Trinajstić information content (AvgIpc) is 2.82. The number of hydrogen-bond acceptors (Lipinski definition) is 3. The van der Waals surface area contributed by atoms with E-state index in [1.165, 1.54) is 0 Å². The van der Waals surface area contributed by atoms with Gasteiger partial charge in [-0.25, -0.2) is 4.98 Å². The molecule has 17 heavy (non-hydrogen) atoms. The summed E-state index contributed by atoms with van der Waals surface area (Å²) < 4.78 is 2.11. The first-order valence-electron chi connectivity index (χ1n) is 5.56. The number of nitrogens with two attached hydrogens (primary N) is 2. The van der Waals surface area contributed by atoms with E-state index >= 15 is 0 Å². The Morgan fingerprint density at radius 1 is 1.24 bits per heavy atom. The Balaban J connectivity index is 2.21. The monoisotopic (exact) mass is 226 g/mol. The van der Waals surface area contributed by atoms with E-state index in [1.54, 1.807) is 0 Å². The molecule has 0 saturated heterocycles. The van der Waals surface area contributed by atoms with Crippen molar-refractivity contribution in [3.8, 4) is 11.3 Å². The fourth-order valence-corrected chi connectivity index (χ4v) is 2.24. The van der Waals surface area contributed by atoms with Crippen molar-refractivity contribution in [3.63, 3.8) is 0 Å². The molecule has 86 valence electrons. The highest BCUT2D eigenvalue weighted by Gasteiger charge is 2.16. The average molecular weight is 226 g/mol. The molecular formula is C13H14N4. The number of rotatable bonds is 1. The second kappa shape index (κ2) is 3.38. The highest BCUT2D eigenvalue weighted by Crippen LogP contribution is 2.30. The van der Waals surface area contributed by atoms with Crippen molar-refractivity contribution in [2.75, 3.05) is 11.5 Å². The molecule has 0 aliphatic carbocycles. The lowest BCUT2D eigenvalue weighted by atomic mass is 10.1. The van der Waals surface area contributed by atoms with E-state index in [9.17, 15) is 0 Å². The summed E-state index contributed by atoms with van der Waals surface area (Å²) in [5.41, 5.74) is 16.0. The molecule has 2 heterocycles. The SMILES string of the molecule is Cc1nc2n(c1-c1ccc(N)c(N)c1)C=CC2. The second-order valence-electron chi connectivity index (χ2n) is 4.26. The molecule has 0 bridgehead atoms. The van der Waals surface area contributed by atoms with E-state index in [1.807, 2.05) is 25.1 Å². The van der Waals surface area contributed by atoms with Gasteiger partial charge in [0.05, 0.1) is 22.8 Å². The van der Waals surface area contributed by atoms with Gasteiger partial charge in [-0.3, -0.25) is 0 Å². The van der Waals surface area contributed by atoms with Crippen LogP contribution in [0, 0.1) is 6.92 Å². The summed E-state index contributed by atoms with van der Waals surface area (Å²) in [6.07, 6.45) is 5.05. The van der Waals surface area contributed by atoms with Crippen LogP contribution in [0.5, 0.6) is 0 Å². The molecule has 0 amide bonds. The number of imidazole rings is 1. The standard InChI is InChI=1S/C13H14N4/c1-8-13(17-6-2-3-12(17)16-8)9-4-5-10(14)11(15)7-9/h2,4-7H,3,14-15H2,1H3. The minimum absolute atomic E-state index is 0.611. The van der Waals surface area contributed by atoms with E-state index in [0.717, 1.165) is 29.2 Å². The van der Waals surface area contributed by atoms with Crippen LogP contribution in [0.3, 0.4) is 0 Å². The predicted octanol–water partition coefficient (Wildman–Crippen LogP) is 2.05. The summed E-state index contributed by atoms with van der Waals surface area (Å²) in [6, 6.07) is 5.72. The van der Waals surface area contributed by atoms with Gasteiger partial charge < -0.3 is 16.0 Å². The number of allylic oxidation sites excluding steroid dienone is 1. The van der Waals surface area contributed by atoms with Crippen LogP contribution in [-0.4, -0.2) is 9.55 Å². The number of hydrogen-bond donors (Lipinski definition) is 2. The van der Waals surface area contributed by atoms with Gasteiger partial charge in [-0.2, -0.15) is 0 Å². The topological polar surface area (TPSA) is 69.9 Å². The maximum atomic E-state index is 5.85. The largest absolute Gasteiger partial charge is 0.397 e. The zero-order valence-electron chi connectivity index (χ0n) is 9.64. The van der Waals surface area contributed by atoms with Crippen molar-refractivity contribution in [2.24, 2.45) is 0 Å². The first kappa shape index (κ1) is 9.96. The highest BCUT2D eigenvalue weighted by molar-refractivity contribution is 5.75. The summed E-state index contributed by atoms with van der Waals surface area (Å²) in [6.45, 7) is 2.01. The maximum absolute atomic E-state index is 5.85. The highest BCUT2D eigenvalue weighted by atomic mass is 15.1. The molecule has 1 aromatic heterocycles. The van der Waals surface area contributed by atoms with Crippen molar-refractivity contribution in [3.05, 3.63) is 35.8 Å². The lowest BCUT2D eigenvalue weighted by molar-refractivity contribution is 1.02. The minimum Gasteiger partial charge on any atom is -0.397 e. The third-order valence-corrected chi connectivity index (χ3v) is 3.07. The Kier molecular flexibility index (Phi) is 1.98. The van der Waals surface area contributed by atoms with E-state index in [2.05, 4.69) is 21.8 Å². The Morgan fingerprint density at radius 2 is 2.06 bits per heavy atom. The van der Waals surface area contributed by atoms with Crippen LogP contribution >= 0.6 is 0 Å². The van der Waals surface area contributed by atoms with Gasteiger partial charge in [-0.15, -0.1) is 0 Å². The Morgan fingerprint density at radius 3 is 2.82 bits per heavy atom. The number of aryl methyl sites for hydroxylation is 1. The molecule has 1 aliphatic rings. The molecule has 4 heteroatoms. The molecule has 0 saturated carbocycles. The second-order valence-corrected chi connectivity index (χ2v) is 4.26. The molecule has 4 N–H and O–H groups in total. The first-order valence-corrected chi connectivity index (χ1v) is 5.56. The van der Waals surface area contributed by atoms with Crippen molar-refractivity contribution >= 4 is 17.6 Å². The number of nitrogen functional groups attached to an aromatic ring is 2.